The molecule has 0 spiro atoms. The quantitative estimate of drug-likeness (QED) is 0.384. The summed E-state index contributed by atoms with van der Waals surface area (Å²) in [6.45, 7) is -0.795. The second-order valence-electron chi connectivity index (χ2n) is 5.79. The van der Waals surface area contributed by atoms with Crippen molar-refractivity contribution in [3.8, 4) is 0 Å². The number of nitrogens with zero attached hydrogens (tertiary/aromatic N) is 1. The van der Waals surface area contributed by atoms with Crippen molar-refractivity contribution in [2.45, 2.75) is 12.8 Å². The molecule has 1 amide bonds. The maximum Gasteiger partial charge on any atom is 0.411 e. The Balaban J connectivity index is 1.71. The number of amides is 1. The van der Waals surface area contributed by atoms with E-state index in [0.717, 1.165) is 0 Å². The molecule has 2 rings (SSSR count). The lowest BCUT2D eigenvalue weighted by atomic mass is 10.1. The summed E-state index contributed by atoms with van der Waals surface area (Å²) in [7, 11) is 0. The summed E-state index contributed by atoms with van der Waals surface area (Å²) in [5, 5.41) is 16.3. The molecule has 0 heterocycles. The molecule has 0 unspecified atom stereocenters. The second-order valence-corrected chi connectivity index (χ2v) is 5.79. The van der Waals surface area contributed by atoms with Crippen molar-refractivity contribution in [2.75, 3.05) is 25.0 Å². The summed E-state index contributed by atoms with van der Waals surface area (Å²) in [6.07, 6.45) is -4.37. The van der Waals surface area contributed by atoms with Crippen molar-refractivity contribution in [3.63, 3.8) is 0 Å². The van der Waals surface area contributed by atoms with E-state index in [1.54, 1.807) is 12.1 Å². The number of benzene rings is 2. The first-order valence-electron chi connectivity index (χ1n) is 8.24. The number of rotatable bonds is 9. The van der Waals surface area contributed by atoms with Gasteiger partial charge in [-0.25, -0.2) is 0 Å². The Morgan fingerprint density at radius 1 is 1.04 bits per heavy atom. The van der Waals surface area contributed by atoms with Crippen LogP contribution >= 0.6 is 0 Å². The summed E-state index contributed by atoms with van der Waals surface area (Å²) < 4.78 is 40.6. The molecule has 2 aromatic carbocycles. The number of nitrogens with one attached hydrogen (secondary N) is 2. The molecule has 0 fully saturated rings. The van der Waals surface area contributed by atoms with Gasteiger partial charge >= 0.3 is 6.18 Å². The van der Waals surface area contributed by atoms with Gasteiger partial charge < -0.3 is 15.4 Å². The molecule has 0 radical (unpaired) electrons. The number of nitro groups is 1. The minimum absolute atomic E-state index is 0.00824. The highest BCUT2D eigenvalue weighted by molar-refractivity contribution is 5.94. The summed E-state index contributed by atoms with van der Waals surface area (Å²) in [5.74, 6) is -0.326. The van der Waals surface area contributed by atoms with Crippen LogP contribution in [-0.4, -0.2) is 36.7 Å². The van der Waals surface area contributed by atoms with Crippen LogP contribution in [0.3, 0.4) is 0 Å². The predicted octanol–water partition coefficient (Wildman–Crippen LogP) is 3.52. The van der Waals surface area contributed by atoms with Gasteiger partial charge in [-0.05, 0) is 29.8 Å². The monoisotopic (exact) mass is 397 g/mol. The van der Waals surface area contributed by atoms with E-state index in [-0.39, 0.29) is 18.2 Å². The Labute approximate surface area is 158 Å². The van der Waals surface area contributed by atoms with Crippen LogP contribution in [0, 0.1) is 10.1 Å². The Kier molecular flexibility index (Phi) is 7.33. The van der Waals surface area contributed by atoms with Crippen molar-refractivity contribution in [3.05, 3.63) is 69.8 Å². The first-order chi connectivity index (χ1) is 13.2. The topological polar surface area (TPSA) is 93.5 Å². The van der Waals surface area contributed by atoms with Crippen LogP contribution in [-0.2, 0) is 11.3 Å². The second kappa shape index (κ2) is 9.70. The molecule has 0 aliphatic carbocycles. The normalized spacial score (nSPS) is 11.1. The van der Waals surface area contributed by atoms with Gasteiger partial charge in [-0.2, -0.15) is 13.2 Å². The fraction of sp³-hybridized carbons (Fsp3) is 0.278. The molecule has 0 saturated carbocycles. The fourth-order valence-electron chi connectivity index (χ4n) is 2.22. The van der Waals surface area contributed by atoms with Crippen molar-refractivity contribution < 1.29 is 27.6 Å². The van der Waals surface area contributed by atoms with Gasteiger partial charge in [0.15, 0.2) is 0 Å². The Bertz CT molecular complexity index is 793. The van der Waals surface area contributed by atoms with Gasteiger partial charge in [0, 0.05) is 36.5 Å². The third kappa shape index (κ3) is 7.23. The van der Waals surface area contributed by atoms with Crippen LogP contribution < -0.4 is 10.6 Å². The zero-order valence-corrected chi connectivity index (χ0v) is 14.7. The van der Waals surface area contributed by atoms with E-state index in [4.69, 9.17) is 0 Å². The fourth-order valence-corrected chi connectivity index (χ4v) is 2.22. The molecule has 0 aromatic heterocycles. The molecule has 28 heavy (non-hydrogen) atoms. The van der Waals surface area contributed by atoms with Gasteiger partial charge in [-0.3, -0.25) is 14.9 Å². The van der Waals surface area contributed by atoms with E-state index in [2.05, 4.69) is 15.4 Å². The molecular formula is C18H18F3N3O4. The number of non-ortho nitro benzene ring substituents is 1. The van der Waals surface area contributed by atoms with Gasteiger partial charge in [0.25, 0.3) is 11.6 Å². The highest BCUT2D eigenvalue weighted by Gasteiger charge is 2.27. The molecule has 0 saturated heterocycles. The number of nitro benzene ring substituents is 1. The lowest BCUT2D eigenvalue weighted by molar-refractivity contribution is -0.384. The molecule has 10 heteroatoms. The van der Waals surface area contributed by atoms with Crippen molar-refractivity contribution in [1.82, 2.24) is 5.32 Å². The minimum atomic E-state index is -4.37. The zero-order chi connectivity index (χ0) is 20.6. The van der Waals surface area contributed by atoms with E-state index in [1.807, 2.05) is 0 Å². The smallest absolute Gasteiger partial charge is 0.383 e. The Hall–Kier alpha value is -3.14. The summed E-state index contributed by atoms with van der Waals surface area (Å²) in [4.78, 5) is 22.1. The summed E-state index contributed by atoms with van der Waals surface area (Å²) in [5.41, 5.74) is 1.57. The third-order valence-corrected chi connectivity index (χ3v) is 3.57. The van der Waals surface area contributed by atoms with Crippen molar-refractivity contribution in [2.24, 2.45) is 0 Å². The van der Waals surface area contributed by atoms with Gasteiger partial charge in [-0.15, -0.1) is 0 Å². The number of hydrogen-bond donors (Lipinski definition) is 2. The number of alkyl halides is 3. The van der Waals surface area contributed by atoms with Gasteiger partial charge in [0.2, 0.25) is 0 Å². The molecule has 0 aliphatic heterocycles. The molecule has 7 nitrogen and oxygen atoms in total. The highest BCUT2D eigenvalue weighted by Crippen LogP contribution is 2.16. The van der Waals surface area contributed by atoms with Crippen LogP contribution in [0.4, 0.5) is 24.5 Å². The molecule has 0 aliphatic rings. The number of hydrogen-bond acceptors (Lipinski definition) is 5. The number of carbonyl (C=O) groups is 1. The molecule has 0 atom stereocenters. The zero-order valence-electron chi connectivity index (χ0n) is 14.7. The van der Waals surface area contributed by atoms with E-state index in [1.165, 1.54) is 36.4 Å². The number of carbonyl (C=O) groups excluding carboxylic acids is 1. The van der Waals surface area contributed by atoms with Crippen LogP contribution in [0.2, 0.25) is 0 Å². The van der Waals surface area contributed by atoms with Crippen LogP contribution in [0.1, 0.15) is 15.9 Å². The van der Waals surface area contributed by atoms with Crippen molar-refractivity contribution in [1.29, 1.82) is 0 Å². The third-order valence-electron chi connectivity index (χ3n) is 3.57. The van der Waals surface area contributed by atoms with E-state index < -0.39 is 17.7 Å². The van der Waals surface area contributed by atoms with Gasteiger partial charge in [0.05, 0.1) is 11.5 Å². The van der Waals surface area contributed by atoms with E-state index in [9.17, 15) is 28.1 Å². The number of ether oxygens (including phenoxy) is 1. The largest absolute Gasteiger partial charge is 0.411 e. The van der Waals surface area contributed by atoms with Gasteiger partial charge in [0.1, 0.15) is 6.61 Å². The average molecular weight is 397 g/mol. The first kappa shape index (κ1) is 21.2. The molecule has 150 valence electrons. The molecule has 0 bridgehead atoms. The summed E-state index contributed by atoms with van der Waals surface area (Å²) in [6, 6.07) is 12.0. The van der Waals surface area contributed by atoms with Gasteiger partial charge in [-0.1, -0.05) is 12.1 Å². The van der Waals surface area contributed by atoms with Crippen LogP contribution in [0.5, 0.6) is 0 Å². The predicted molar refractivity (Wildman–Crippen MR) is 96.1 cm³/mol. The summed E-state index contributed by atoms with van der Waals surface area (Å²) >= 11 is 0. The van der Waals surface area contributed by atoms with Crippen LogP contribution in [0.25, 0.3) is 0 Å². The SMILES string of the molecule is O=C(NCCNc1ccc([N+](=O)[O-])cc1)c1ccc(COCC(F)(F)F)cc1. The standard InChI is InChI=1S/C18H18F3N3O4/c19-18(20,21)12-28-11-13-1-3-14(4-2-13)17(25)23-10-9-22-15-5-7-16(8-6-15)24(26)27/h1-8,22H,9-12H2,(H,23,25). The average Bonchev–Trinajstić information content (AvgIpc) is 2.65. The Morgan fingerprint density at radius 3 is 2.25 bits per heavy atom. The Morgan fingerprint density at radius 2 is 1.68 bits per heavy atom. The molecule has 2 aromatic rings. The van der Waals surface area contributed by atoms with E-state index in [0.29, 0.717) is 29.9 Å². The minimum Gasteiger partial charge on any atom is -0.383 e. The lowest BCUT2D eigenvalue weighted by Gasteiger charge is -2.09. The number of halogens is 3. The van der Waals surface area contributed by atoms with Crippen molar-refractivity contribution >= 4 is 17.3 Å². The maximum absolute atomic E-state index is 12.0. The van der Waals surface area contributed by atoms with E-state index >= 15 is 0 Å². The molecular weight excluding hydrogens is 379 g/mol. The first-order valence-corrected chi connectivity index (χ1v) is 8.24. The highest BCUT2D eigenvalue weighted by atomic mass is 19.4. The lowest BCUT2D eigenvalue weighted by Crippen LogP contribution is -2.28. The molecule has 2 N–H and O–H groups in total. The maximum atomic E-state index is 12.0. The van der Waals surface area contributed by atoms with Crippen LogP contribution in [0.15, 0.2) is 48.5 Å². The number of anilines is 1.